The topological polar surface area (TPSA) is 87.0 Å². The summed E-state index contributed by atoms with van der Waals surface area (Å²) in [7, 11) is 0. The summed E-state index contributed by atoms with van der Waals surface area (Å²) < 4.78 is 5.14. The molecule has 3 heterocycles. The lowest BCUT2D eigenvalue weighted by atomic mass is 9.85. The molecule has 1 aromatic heterocycles. The molecule has 2 aliphatic rings. The fraction of sp³-hybridized carbons (Fsp3) is 0.700. The van der Waals surface area contributed by atoms with Gasteiger partial charge in [0.05, 0.1) is 12.1 Å². The Hall–Kier alpha value is -2.38. The molecule has 0 aromatic carbocycles. The van der Waals surface area contributed by atoms with Crippen LogP contribution in [0, 0.1) is 12.8 Å². The van der Waals surface area contributed by atoms with E-state index in [1.54, 1.807) is 15.9 Å². The highest BCUT2D eigenvalue weighted by atomic mass is 16.5. The minimum atomic E-state index is -0.809. The summed E-state index contributed by atoms with van der Waals surface area (Å²) in [6.45, 7) is 9.79. The average Bonchev–Trinajstić information content (AvgIpc) is 3.13. The molecule has 4 amide bonds. The van der Waals surface area contributed by atoms with Crippen LogP contribution in [0.5, 0.6) is 0 Å². The zero-order valence-electron chi connectivity index (χ0n) is 17.2. The lowest BCUT2D eigenvalue weighted by Crippen LogP contribution is -2.58. The van der Waals surface area contributed by atoms with Gasteiger partial charge in [-0.05, 0) is 32.1 Å². The number of aryl methyl sites for hydroxylation is 1. The molecule has 0 saturated carbocycles. The molecule has 0 bridgehead atoms. The van der Waals surface area contributed by atoms with E-state index in [1.165, 1.54) is 4.90 Å². The predicted molar refractivity (Wildman–Crippen MR) is 102 cm³/mol. The third-order valence-corrected chi connectivity index (χ3v) is 5.56. The molecule has 2 fully saturated rings. The summed E-state index contributed by atoms with van der Waals surface area (Å²) in [4.78, 5) is 43.6. The Kier molecular flexibility index (Phi) is 5.76. The van der Waals surface area contributed by atoms with E-state index in [9.17, 15) is 14.4 Å². The number of rotatable bonds is 6. The van der Waals surface area contributed by atoms with Crippen LogP contribution in [0.1, 0.15) is 51.5 Å². The molecule has 0 radical (unpaired) electrons. The van der Waals surface area contributed by atoms with Crippen molar-refractivity contribution in [1.82, 2.24) is 19.9 Å². The Bertz CT molecular complexity index is 749. The number of hydrogen-bond acceptors (Lipinski definition) is 5. The van der Waals surface area contributed by atoms with Gasteiger partial charge in [-0.1, -0.05) is 25.9 Å². The summed E-state index contributed by atoms with van der Waals surface area (Å²) in [6, 6.07) is 1.58. The normalized spacial score (nSPS) is 19.4. The van der Waals surface area contributed by atoms with E-state index in [0.29, 0.717) is 44.8 Å². The van der Waals surface area contributed by atoms with Crippen molar-refractivity contribution in [2.24, 2.45) is 5.92 Å². The van der Waals surface area contributed by atoms with Crippen molar-refractivity contribution in [2.45, 2.75) is 58.9 Å². The second-order valence-corrected chi connectivity index (χ2v) is 8.27. The van der Waals surface area contributed by atoms with Gasteiger partial charge in [-0.15, -0.1) is 0 Å². The maximum atomic E-state index is 13.2. The van der Waals surface area contributed by atoms with Crippen molar-refractivity contribution in [3.63, 3.8) is 0 Å². The molecule has 2 aliphatic heterocycles. The number of piperidine rings is 1. The lowest BCUT2D eigenvalue weighted by Gasteiger charge is -2.42. The molecule has 154 valence electrons. The van der Waals surface area contributed by atoms with Crippen LogP contribution in [0.2, 0.25) is 0 Å². The van der Waals surface area contributed by atoms with Gasteiger partial charge in [0.2, 0.25) is 5.91 Å². The predicted octanol–water partition coefficient (Wildman–Crippen LogP) is 2.22. The molecule has 8 nitrogen and oxygen atoms in total. The van der Waals surface area contributed by atoms with Crippen LogP contribution in [-0.4, -0.2) is 69.4 Å². The smallest absolute Gasteiger partial charge is 0.327 e. The number of carbonyl (C=O) groups is 3. The van der Waals surface area contributed by atoms with Crippen LogP contribution in [0.3, 0.4) is 0 Å². The number of aromatic nitrogens is 1. The zero-order chi connectivity index (χ0) is 20.5. The third kappa shape index (κ3) is 3.64. The monoisotopic (exact) mass is 390 g/mol. The first-order valence-corrected chi connectivity index (χ1v) is 10.1. The molecule has 0 N–H and O–H groups in total. The summed E-state index contributed by atoms with van der Waals surface area (Å²) in [5.74, 6) is 0.677. The highest BCUT2D eigenvalue weighted by Crippen LogP contribution is 2.38. The van der Waals surface area contributed by atoms with Crippen LogP contribution < -0.4 is 0 Å². The summed E-state index contributed by atoms with van der Waals surface area (Å²) in [5, 5.41) is 3.81. The van der Waals surface area contributed by atoms with Gasteiger partial charge in [0.1, 0.15) is 11.3 Å². The molecule has 28 heavy (non-hydrogen) atoms. The van der Waals surface area contributed by atoms with E-state index in [-0.39, 0.29) is 30.2 Å². The number of amides is 4. The molecule has 1 aromatic rings. The first-order chi connectivity index (χ1) is 13.3. The summed E-state index contributed by atoms with van der Waals surface area (Å²) in [5.41, 5.74) is -0.0633. The second-order valence-electron chi connectivity index (χ2n) is 8.27. The second kappa shape index (κ2) is 7.93. The van der Waals surface area contributed by atoms with Gasteiger partial charge in [-0.2, -0.15) is 0 Å². The van der Waals surface area contributed by atoms with Crippen molar-refractivity contribution in [3.8, 4) is 0 Å². The number of imide groups is 1. The van der Waals surface area contributed by atoms with Gasteiger partial charge in [-0.3, -0.25) is 14.5 Å². The summed E-state index contributed by atoms with van der Waals surface area (Å²) in [6.07, 6.45) is 1.86. The Morgan fingerprint density at radius 2 is 1.96 bits per heavy atom. The van der Waals surface area contributed by atoms with Crippen LogP contribution in [-0.2, 0) is 16.0 Å². The molecule has 0 atom stereocenters. The fourth-order valence-electron chi connectivity index (χ4n) is 4.19. The van der Waals surface area contributed by atoms with Gasteiger partial charge in [0.15, 0.2) is 0 Å². The average molecular weight is 390 g/mol. The number of nitrogens with zero attached hydrogens (tertiary/aromatic N) is 4. The maximum absolute atomic E-state index is 13.2. The maximum Gasteiger partial charge on any atom is 0.327 e. The van der Waals surface area contributed by atoms with Gasteiger partial charge < -0.3 is 14.3 Å². The molecule has 0 aliphatic carbocycles. The van der Waals surface area contributed by atoms with Crippen molar-refractivity contribution >= 4 is 17.8 Å². The van der Waals surface area contributed by atoms with Crippen molar-refractivity contribution in [1.29, 1.82) is 0 Å². The van der Waals surface area contributed by atoms with Crippen LogP contribution >= 0.6 is 0 Å². The first-order valence-electron chi connectivity index (χ1n) is 10.1. The highest BCUT2D eigenvalue weighted by Gasteiger charge is 2.57. The largest absolute Gasteiger partial charge is 0.361 e. The lowest BCUT2D eigenvalue weighted by molar-refractivity contribution is -0.141. The van der Waals surface area contributed by atoms with Crippen LogP contribution in [0.25, 0.3) is 0 Å². The van der Waals surface area contributed by atoms with Gasteiger partial charge in [0, 0.05) is 32.2 Å². The van der Waals surface area contributed by atoms with Gasteiger partial charge in [0.25, 0.3) is 5.91 Å². The SMILES string of the molecule is CCCN1C(=O)N(CC(C)C)C2(CCN(C(=O)Cc3cc(C)no3)CC2)C1=O. The standard InChI is InChI=1S/C20H30N4O4/c1-5-8-23-18(26)20(24(19(23)27)13-14(2)3)6-9-22(10-7-20)17(25)12-16-11-15(4)21-28-16/h11,14H,5-10,12-13H2,1-4H3. The van der Waals surface area contributed by atoms with E-state index in [2.05, 4.69) is 5.16 Å². The number of carbonyl (C=O) groups excluding carboxylic acids is 3. The quantitative estimate of drug-likeness (QED) is 0.695. The first kappa shape index (κ1) is 20.4. The Morgan fingerprint density at radius 3 is 2.50 bits per heavy atom. The number of urea groups is 1. The third-order valence-electron chi connectivity index (χ3n) is 5.56. The van der Waals surface area contributed by atoms with Crippen LogP contribution in [0.4, 0.5) is 4.79 Å². The molecular weight excluding hydrogens is 360 g/mol. The summed E-state index contributed by atoms with van der Waals surface area (Å²) >= 11 is 0. The number of hydrogen-bond donors (Lipinski definition) is 0. The van der Waals surface area contributed by atoms with E-state index in [4.69, 9.17) is 4.52 Å². The Morgan fingerprint density at radius 1 is 1.29 bits per heavy atom. The Labute approximate surface area is 165 Å². The van der Waals surface area contributed by atoms with Crippen molar-refractivity contribution < 1.29 is 18.9 Å². The number of likely N-dealkylation sites (tertiary alicyclic amines) is 1. The van der Waals surface area contributed by atoms with Crippen molar-refractivity contribution in [3.05, 3.63) is 17.5 Å². The van der Waals surface area contributed by atoms with E-state index in [0.717, 1.165) is 12.1 Å². The molecular formula is C20H30N4O4. The van der Waals surface area contributed by atoms with E-state index < -0.39 is 5.54 Å². The van der Waals surface area contributed by atoms with Crippen molar-refractivity contribution in [2.75, 3.05) is 26.2 Å². The highest BCUT2D eigenvalue weighted by molar-refractivity contribution is 6.07. The molecule has 2 saturated heterocycles. The molecule has 1 spiro atoms. The van der Waals surface area contributed by atoms with Gasteiger partial charge >= 0.3 is 6.03 Å². The molecule has 0 unspecified atom stereocenters. The van der Waals surface area contributed by atoms with Crippen LogP contribution in [0.15, 0.2) is 10.6 Å². The minimum Gasteiger partial charge on any atom is -0.361 e. The fourth-order valence-corrected chi connectivity index (χ4v) is 4.19. The molecule has 3 rings (SSSR count). The van der Waals surface area contributed by atoms with Gasteiger partial charge in [-0.25, -0.2) is 4.79 Å². The minimum absolute atomic E-state index is 0.0383. The van der Waals surface area contributed by atoms with E-state index in [1.807, 2.05) is 27.7 Å². The van der Waals surface area contributed by atoms with E-state index >= 15 is 0 Å². The Balaban J connectivity index is 1.72. The molecule has 8 heteroatoms. The zero-order valence-corrected chi connectivity index (χ0v) is 17.2.